The molecular formula is C22H26N4O4. The zero-order chi connectivity index (χ0) is 21.3. The zero-order valence-corrected chi connectivity index (χ0v) is 16.9. The molecule has 0 radical (unpaired) electrons. The van der Waals surface area contributed by atoms with Gasteiger partial charge in [0.05, 0.1) is 25.3 Å². The van der Waals surface area contributed by atoms with Crippen LogP contribution in [-0.2, 0) is 16.0 Å². The number of amides is 3. The Balaban J connectivity index is 1.44. The second-order valence-electron chi connectivity index (χ2n) is 6.86. The first-order chi connectivity index (χ1) is 14.6. The van der Waals surface area contributed by atoms with Crippen molar-refractivity contribution < 1.29 is 19.1 Å². The van der Waals surface area contributed by atoms with E-state index in [9.17, 15) is 14.4 Å². The minimum Gasteiger partial charge on any atom is -0.493 e. The van der Waals surface area contributed by atoms with Crippen LogP contribution in [-0.4, -0.2) is 44.0 Å². The number of benzene rings is 2. The molecular weight excluding hydrogens is 384 g/mol. The Bertz CT molecular complexity index is 916. The van der Waals surface area contributed by atoms with E-state index in [1.807, 2.05) is 30.0 Å². The largest absolute Gasteiger partial charge is 0.493 e. The Hall–Kier alpha value is -3.55. The maximum Gasteiger partial charge on any atom is 0.257 e. The standard InChI is InChI=1S/C22H26N4O4/c1-2-30-19-12-6-4-10-17(19)22(29)23-14-20(27)24-25-21(28)15-26-13-7-9-16-8-3-5-11-18(16)26/h3-6,8,10-12H,2,7,9,13-15H2,1H3,(H,23,29)(H,24,27)(H,25,28). The van der Waals surface area contributed by atoms with Crippen LogP contribution < -0.4 is 25.8 Å². The van der Waals surface area contributed by atoms with E-state index in [1.54, 1.807) is 24.3 Å². The third-order valence-corrected chi connectivity index (χ3v) is 4.72. The highest BCUT2D eigenvalue weighted by Gasteiger charge is 2.19. The average molecular weight is 410 g/mol. The first kappa shape index (κ1) is 21.2. The Morgan fingerprint density at radius 2 is 1.73 bits per heavy atom. The molecule has 0 saturated heterocycles. The number of anilines is 1. The molecule has 2 aromatic rings. The molecule has 0 spiro atoms. The molecule has 0 fully saturated rings. The number of hydrogen-bond acceptors (Lipinski definition) is 5. The number of nitrogens with zero attached hydrogens (tertiary/aromatic N) is 1. The highest BCUT2D eigenvalue weighted by Crippen LogP contribution is 2.26. The van der Waals surface area contributed by atoms with E-state index >= 15 is 0 Å². The molecule has 0 aliphatic carbocycles. The van der Waals surface area contributed by atoms with Crippen LogP contribution in [0.3, 0.4) is 0 Å². The summed E-state index contributed by atoms with van der Waals surface area (Å²) in [6.45, 7) is 2.91. The van der Waals surface area contributed by atoms with Crippen LogP contribution in [0.4, 0.5) is 5.69 Å². The maximum atomic E-state index is 12.3. The van der Waals surface area contributed by atoms with Crippen molar-refractivity contribution in [2.45, 2.75) is 19.8 Å². The maximum absolute atomic E-state index is 12.3. The fourth-order valence-electron chi connectivity index (χ4n) is 3.36. The number of rotatable bonds is 7. The monoisotopic (exact) mass is 410 g/mol. The van der Waals surface area contributed by atoms with Gasteiger partial charge in [-0.25, -0.2) is 0 Å². The van der Waals surface area contributed by atoms with Gasteiger partial charge in [0.15, 0.2) is 0 Å². The second kappa shape index (κ2) is 10.3. The van der Waals surface area contributed by atoms with Crippen molar-refractivity contribution in [2.75, 3.05) is 31.1 Å². The van der Waals surface area contributed by atoms with Gasteiger partial charge in [0.25, 0.3) is 17.7 Å². The molecule has 3 amide bonds. The van der Waals surface area contributed by atoms with E-state index in [2.05, 4.69) is 22.2 Å². The van der Waals surface area contributed by atoms with Crippen LogP contribution in [0.2, 0.25) is 0 Å². The smallest absolute Gasteiger partial charge is 0.257 e. The predicted molar refractivity (Wildman–Crippen MR) is 113 cm³/mol. The van der Waals surface area contributed by atoms with Crippen molar-refractivity contribution >= 4 is 23.4 Å². The molecule has 8 heteroatoms. The van der Waals surface area contributed by atoms with Crippen LogP contribution in [0.25, 0.3) is 0 Å². The van der Waals surface area contributed by atoms with Gasteiger partial charge in [0.1, 0.15) is 5.75 Å². The van der Waals surface area contributed by atoms with Crippen molar-refractivity contribution in [1.29, 1.82) is 0 Å². The van der Waals surface area contributed by atoms with E-state index in [1.165, 1.54) is 5.56 Å². The molecule has 1 aliphatic heterocycles. The highest BCUT2D eigenvalue weighted by molar-refractivity contribution is 5.99. The van der Waals surface area contributed by atoms with Crippen LogP contribution in [0.1, 0.15) is 29.3 Å². The fraction of sp³-hybridized carbons (Fsp3) is 0.318. The van der Waals surface area contributed by atoms with Gasteiger partial charge in [-0.1, -0.05) is 30.3 Å². The van der Waals surface area contributed by atoms with Crippen LogP contribution in [0.15, 0.2) is 48.5 Å². The third-order valence-electron chi connectivity index (χ3n) is 4.72. The minimum atomic E-state index is -0.523. The molecule has 8 nitrogen and oxygen atoms in total. The molecule has 1 aliphatic rings. The van der Waals surface area contributed by atoms with Gasteiger partial charge in [-0.2, -0.15) is 0 Å². The molecule has 0 unspecified atom stereocenters. The normalized spacial score (nSPS) is 12.5. The summed E-state index contributed by atoms with van der Waals surface area (Å²) >= 11 is 0. The van der Waals surface area contributed by atoms with Crippen molar-refractivity contribution in [2.24, 2.45) is 0 Å². The van der Waals surface area contributed by atoms with Gasteiger partial charge in [-0.15, -0.1) is 0 Å². The Labute approximate surface area is 175 Å². The molecule has 158 valence electrons. The number of nitrogens with one attached hydrogen (secondary N) is 3. The summed E-state index contributed by atoms with van der Waals surface area (Å²) in [4.78, 5) is 38.5. The summed E-state index contributed by atoms with van der Waals surface area (Å²) in [5.41, 5.74) is 7.34. The summed E-state index contributed by atoms with van der Waals surface area (Å²) in [5.74, 6) is -0.823. The lowest BCUT2D eigenvalue weighted by Gasteiger charge is -2.30. The fourth-order valence-corrected chi connectivity index (χ4v) is 3.36. The summed E-state index contributed by atoms with van der Waals surface area (Å²) < 4.78 is 5.42. The van der Waals surface area contributed by atoms with Gasteiger partial charge >= 0.3 is 0 Å². The van der Waals surface area contributed by atoms with Gasteiger partial charge in [0.2, 0.25) is 0 Å². The molecule has 0 atom stereocenters. The zero-order valence-electron chi connectivity index (χ0n) is 16.9. The second-order valence-corrected chi connectivity index (χ2v) is 6.86. The SMILES string of the molecule is CCOc1ccccc1C(=O)NCC(=O)NNC(=O)CN1CCCc2ccccc21. The van der Waals surface area contributed by atoms with Gasteiger partial charge in [-0.05, 0) is 43.5 Å². The summed E-state index contributed by atoms with van der Waals surface area (Å²) in [6, 6.07) is 14.8. The number of carbonyl (C=O) groups is 3. The number of ether oxygens (including phenoxy) is 1. The minimum absolute atomic E-state index is 0.144. The van der Waals surface area contributed by atoms with Crippen molar-refractivity contribution in [1.82, 2.24) is 16.2 Å². The molecule has 1 heterocycles. The van der Waals surface area contributed by atoms with Gasteiger partial charge in [0, 0.05) is 12.2 Å². The van der Waals surface area contributed by atoms with E-state index < -0.39 is 11.8 Å². The first-order valence-corrected chi connectivity index (χ1v) is 9.99. The Morgan fingerprint density at radius 1 is 1.00 bits per heavy atom. The van der Waals surface area contributed by atoms with E-state index in [4.69, 9.17) is 4.74 Å². The van der Waals surface area contributed by atoms with Crippen molar-refractivity contribution in [3.05, 3.63) is 59.7 Å². The topological polar surface area (TPSA) is 99.8 Å². The Morgan fingerprint density at radius 3 is 2.57 bits per heavy atom. The highest BCUT2D eigenvalue weighted by atomic mass is 16.5. The molecule has 3 rings (SSSR count). The average Bonchev–Trinajstić information content (AvgIpc) is 2.77. The molecule has 0 aromatic heterocycles. The first-order valence-electron chi connectivity index (χ1n) is 9.99. The van der Waals surface area contributed by atoms with Crippen molar-refractivity contribution in [3.63, 3.8) is 0 Å². The van der Waals surface area contributed by atoms with Gasteiger partial charge < -0.3 is 15.0 Å². The lowest BCUT2D eigenvalue weighted by molar-refractivity contribution is -0.127. The lowest BCUT2D eigenvalue weighted by atomic mass is 10.0. The van der Waals surface area contributed by atoms with Crippen LogP contribution >= 0.6 is 0 Å². The summed E-state index contributed by atoms with van der Waals surface area (Å²) in [6.07, 6.45) is 1.98. The number of carbonyl (C=O) groups excluding carboxylic acids is 3. The Kier molecular flexibility index (Phi) is 7.26. The number of aryl methyl sites for hydroxylation is 1. The number of hydrazine groups is 1. The van der Waals surface area contributed by atoms with E-state index in [-0.39, 0.29) is 19.0 Å². The number of hydrogen-bond donors (Lipinski definition) is 3. The summed E-state index contributed by atoms with van der Waals surface area (Å²) in [5, 5.41) is 2.52. The van der Waals surface area contributed by atoms with E-state index in [0.29, 0.717) is 17.9 Å². The lowest BCUT2D eigenvalue weighted by Crippen LogP contribution is -2.50. The van der Waals surface area contributed by atoms with Gasteiger partial charge in [-0.3, -0.25) is 25.2 Å². The van der Waals surface area contributed by atoms with Crippen LogP contribution in [0, 0.1) is 0 Å². The number of para-hydroxylation sites is 2. The molecule has 3 N–H and O–H groups in total. The molecule has 2 aromatic carbocycles. The predicted octanol–water partition coefficient (Wildman–Crippen LogP) is 1.42. The molecule has 0 saturated carbocycles. The molecule has 0 bridgehead atoms. The quantitative estimate of drug-likeness (QED) is 0.600. The summed E-state index contributed by atoms with van der Waals surface area (Å²) in [7, 11) is 0. The third kappa shape index (κ3) is 5.50. The van der Waals surface area contributed by atoms with Crippen molar-refractivity contribution in [3.8, 4) is 5.75 Å². The van der Waals surface area contributed by atoms with Crippen LogP contribution in [0.5, 0.6) is 5.75 Å². The molecule has 30 heavy (non-hydrogen) atoms. The van der Waals surface area contributed by atoms with E-state index in [0.717, 1.165) is 25.1 Å². The number of fused-ring (bicyclic) bond motifs is 1.